The molecule has 0 amide bonds. The first kappa shape index (κ1) is 20.5. The summed E-state index contributed by atoms with van der Waals surface area (Å²) >= 11 is 0. The normalized spacial score (nSPS) is 23.1. The van der Waals surface area contributed by atoms with Gasteiger partial charge in [0.2, 0.25) is 0 Å². The number of benzene rings is 2. The van der Waals surface area contributed by atoms with Gasteiger partial charge in [-0.3, -0.25) is 4.57 Å². The summed E-state index contributed by atoms with van der Waals surface area (Å²) in [5.41, 5.74) is 3.07. The number of hydrogen-bond donors (Lipinski definition) is 4. The monoisotopic (exact) mass is 433 g/mol. The summed E-state index contributed by atoms with van der Waals surface area (Å²) in [6.45, 7) is -0.404. The van der Waals surface area contributed by atoms with Gasteiger partial charge < -0.3 is 25.4 Å². The fourth-order valence-corrected chi connectivity index (χ4v) is 4.04. The van der Waals surface area contributed by atoms with E-state index in [1.54, 1.807) is 4.57 Å². The molecule has 0 saturated carbocycles. The Morgan fingerprint density at radius 1 is 0.906 bits per heavy atom. The highest BCUT2D eigenvalue weighted by atomic mass is 16.6. The molecule has 1 fully saturated rings. The van der Waals surface area contributed by atoms with E-state index < -0.39 is 31.1 Å². The van der Waals surface area contributed by atoms with Crippen LogP contribution in [0.25, 0.3) is 11.2 Å². The van der Waals surface area contributed by atoms with Crippen molar-refractivity contribution in [3.8, 4) is 0 Å². The molecule has 2 aromatic heterocycles. The van der Waals surface area contributed by atoms with E-state index in [2.05, 4.69) is 20.3 Å². The Kier molecular flexibility index (Phi) is 5.54. The summed E-state index contributed by atoms with van der Waals surface area (Å²) in [6.07, 6.45) is -1.33. The van der Waals surface area contributed by atoms with Crippen molar-refractivity contribution in [2.24, 2.45) is 0 Å². The van der Waals surface area contributed by atoms with E-state index in [1.807, 2.05) is 60.7 Å². The fraction of sp³-hybridized carbons (Fsp3) is 0.261. The predicted octanol–water partition coefficient (Wildman–Crippen LogP) is 1.64. The van der Waals surface area contributed by atoms with Gasteiger partial charge in [-0.2, -0.15) is 0 Å². The minimum atomic E-state index is -1.22. The lowest BCUT2D eigenvalue weighted by Gasteiger charge is -2.21. The first-order valence-corrected chi connectivity index (χ1v) is 10.3. The molecule has 2 aromatic carbocycles. The van der Waals surface area contributed by atoms with Crippen LogP contribution >= 0.6 is 0 Å². The molecule has 9 nitrogen and oxygen atoms in total. The molecular weight excluding hydrogens is 410 g/mol. The zero-order valence-corrected chi connectivity index (χ0v) is 17.1. The van der Waals surface area contributed by atoms with Gasteiger partial charge in [0.05, 0.1) is 19.0 Å². The Morgan fingerprint density at radius 3 is 2.16 bits per heavy atom. The zero-order valence-electron chi connectivity index (χ0n) is 17.1. The van der Waals surface area contributed by atoms with Crippen molar-refractivity contribution in [2.75, 3.05) is 11.9 Å². The fourth-order valence-electron chi connectivity index (χ4n) is 4.04. The molecule has 0 spiro atoms. The third kappa shape index (κ3) is 3.61. The number of anilines is 1. The van der Waals surface area contributed by atoms with Crippen molar-refractivity contribution in [2.45, 2.75) is 30.6 Å². The lowest BCUT2D eigenvalue weighted by molar-refractivity contribution is -0.0511. The molecule has 3 heterocycles. The molecule has 1 aliphatic rings. The van der Waals surface area contributed by atoms with Crippen LogP contribution in [0.15, 0.2) is 73.3 Å². The van der Waals surface area contributed by atoms with Gasteiger partial charge in [0.1, 0.15) is 24.6 Å². The molecule has 4 unspecified atom stereocenters. The van der Waals surface area contributed by atoms with E-state index in [1.165, 1.54) is 12.7 Å². The van der Waals surface area contributed by atoms with Crippen molar-refractivity contribution < 1.29 is 20.1 Å². The smallest absolute Gasteiger partial charge is 0.167 e. The van der Waals surface area contributed by atoms with Gasteiger partial charge in [-0.25, -0.2) is 15.0 Å². The van der Waals surface area contributed by atoms with Gasteiger partial charge in [-0.1, -0.05) is 60.7 Å². The van der Waals surface area contributed by atoms with Crippen LogP contribution in [-0.2, 0) is 4.74 Å². The number of aliphatic hydroxyl groups is 3. The van der Waals surface area contributed by atoms with Gasteiger partial charge in [0, 0.05) is 0 Å². The highest BCUT2D eigenvalue weighted by molar-refractivity contribution is 5.83. The molecule has 4 atom stereocenters. The van der Waals surface area contributed by atoms with Crippen molar-refractivity contribution in [1.82, 2.24) is 19.5 Å². The number of nitrogens with zero attached hydrogens (tertiary/aromatic N) is 4. The number of nitrogens with one attached hydrogen (secondary N) is 1. The topological polar surface area (TPSA) is 126 Å². The average molecular weight is 433 g/mol. The average Bonchev–Trinajstić information content (AvgIpc) is 3.40. The van der Waals surface area contributed by atoms with Crippen LogP contribution in [-0.4, -0.2) is 59.8 Å². The molecule has 0 radical (unpaired) electrons. The maximum Gasteiger partial charge on any atom is 0.167 e. The van der Waals surface area contributed by atoms with E-state index in [0.717, 1.165) is 11.1 Å². The second-order valence-electron chi connectivity index (χ2n) is 7.67. The van der Waals surface area contributed by atoms with Crippen LogP contribution in [0, 0.1) is 0 Å². The van der Waals surface area contributed by atoms with Crippen molar-refractivity contribution in [1.29, 1.82) is 0 Å². The lowest BCUT2D eigenvalue weighted by atomic mass is 9.99. The summed E-state index contributed by atoms with van der Waals surface area (Å²) in [4.78, 5) is 13.2. The summed E-state index contributed by atoms with van der Waals surface area (Å²) in [5, 5.41) is 33.4. The molecule has 0 bridgehead atoms. The van der Waals surface area contributed by atoms with Gasteiger partial charge in [0.25, 0.3) is 0 Å². The number of aliphatic hydroxyl groups excluding tert-OH is 3. The quantitative estimate of drug-likeness (QED) is 0.362. The third-order valence-electron chi connectivity index (χ3n) is 5.70. The number of ether oxygens (including phenoxy) is 1. The molecule has 164 valence electrons. The number of fused-ring (bicyclic) bond motifs is 1. The van der Waals surface area contributed by atoms with Crippen molar-refractivity contribution >= 4 is 17.0 Å². The molecule has 1 aliphatic heterocycles. The maximum atomic E-state index is 10.4. The third-order valence-corrected chi connectivity index (χ3v) is 5.70. The second kappa shape index (κ2) is 8.64. The predicted molar refractivity (Wildman–Crippen MR) is 117 cm³/mol. The van der Waals surface area contributed by atoms with E-state index in [-0.39, 0.29) is 6.04 Å². The van der Waals surface area contributed by atoms with Crippen LogP contribution in [0.4, 0.5) is 5.82 Å². The standard InChI is InChI=1S/C23H23N5O4/c29-11-16-19(30)20(31)23(32-16)28-13-26-18-21(24-12-25-22(18)28)27-17(14-7-3-1-4-8-14)15-9-5-2-6-10-15/h1-10,12-13,16-17,19-20,23,29-31H,11H2,(H,24,25,27). The second-order valence-corrected chi connectivity index (χ2v) is 7.67. The molecule has 5 rings (SSSR count). The number of rotatable bonds is 6. The number of imidazole rings is 1. The largest absolute Gasteiger partial charge is 0.394 e. The lowest BCUT2D eigenvalue weighted by Crippen LogP contribution is -2.33. The number of hydrogen-bond acceptors (Lipinski definition) is 8. The summed E-state index contributed by atoms with van der Waals surface area (Å²) in [5.74, 6) is 0.526. The highest BCUT2D eigenvalue weighted by Gasteiger charge is 2.44. The van der Waals surface area contributed by atoms with Gasteiger partial charge in [-0.05, 0) is 11.1 Å². The summed E-state index contributed by atoms with van der Waals surface area (Å²) in [6, 6.07) is 19.9. The molecule has 9 heteroatoms. The Balaban J connectivity index is 1.52. The summed E-state index contributed by atoms with van der Waals surface area (Å²) < 4.78 is 7.19. The first-order valence-electron chi connectivity index (χ1n) is 10.3. The molecule has 4 N–H and O–H groups in total. The summed E-state index contributed by atoms with van der Waals surface area (Å²) in [7, 11) is 0. The van der Waals surface area contributed by atoms with Crippen molar-refractivity contribution in [3.63, 3.8) is 0 Å². The molecular formula is C23H23N5O4. The van der Waals surface area contributed by atoms with Gasteiger partial charge in [0.15, 0.2) is 23.2 Å². The zero-order chi connectivity index (χ0) is 22.1. The van der Waals surface area contributed by atoms with Crippen LogP contribution in [0.3, 0.4) is 0 Å². The minimum Gasteiger partial charge on any atom is -0.394 e. The van der Waals surface area contributed by atoms with E-state index in [0.29, 0.717) is 17.0 Å². The van der Waals surface area contributed by atoms with Crippen LogP contribution < -0.4 is 5.32 Å². The van der Waals surface area contributed by atoms with E-state index in [9.17, 15) is 15.3 Å². The maximum absolute atomic E-state index is 10.4. The molecule has 1 saturated heterocycles. The molecule has 32 heavy (non-hydrogen) atoms. The minimum absolute atomic E-state index is 0.172. The van der Waals surface area contributed by atoms with Crippen LogP contribution in [0.5, 0.6) is 0 Å². The molecule has 0 aliphatic carbocycles. The Morgan fingerprint density at radius 2 is 1.56 bits per heavy atom. The van der Waals surface area contributed by atoms with Gasteiger partial charge in [-0.15, -0.1) is 0 Å². The SMILES string of the molecule is OCC1OC(n2cnc3c(NC(c4ccccc4)c4ccccc4)ncnc32)C(O)C1O. The molecule has 4 aromatic rings. The van der Waals surface area contributed by atoms with Gasteiger partial charge >= 0.3 is 0 Å². The Bertz CT molecular complexity index is 1150. The van der Waals surface area contributed by atoms with E-state index in [4.69, 9.17) is 4.74 Å². The Labute approximate surface area is 184 Å². The van der Waals surface area contributed by atoms with Crippen molar-refractivity contribution in [3.05, 3.63) is 84.4 Å². The van der Waals surface area contributed by atoms with E-state index >= 15 is 0 Å². The van der Waals surface area contributed by atoms with Crippen LogP contribution in [0.2, 0.25) is 0 Å². The number of aromatic nitrogens is 4. The highest BCUT2D eigenvalue weighted by Crippen LogP contribution is 2.33. The first-order chi connectivity index (χ1) is 15.7. The Hall–Kier alpha value is -3.37. The van der Waals surface area contributed by atoms with Crippen LogP contribution in [0.1, 0.15) is 23.4 Å².